The molecule has 0 aromatic heterocycles. The summed E-state index contributed by atoms with van der Waals surface area (Å²) in [6, 6.07) is 3.41. The molecule has 4 nitrogen and oxygen atoms in total. The second-order valence-corrected chi connectivity index (χ2v) is 4.73. The number of primary amides is 1. The highest BCUT2D eigenvalue weighted by Crippen LogP contribution is 2.38. The summed E-state index contributed by atoms with van der Waals surface area (Å²) in [4.78, 5) is 23.2. The van der Waals surface area contributed by atoms with Gasteiger partial charge in [0.25, 0.3) is 0 Å². The van der Waals surface area contributed by atoms with Crippen LogP contribution in [0.25, 0.3) is 0 Å². The van der Waals surface area contributed by atoms with E-state index in [1.54, 1.807) is 0 Å². The number of benzene rings is 1. The van der Waals surface area contributed by atoms with Crippen molar-refractivity contribution in [1.29, 1.82) is 0 Å². The number of alkyl halides is 3. The molecule has 1 saturated heterocycles. The van der Waals surface area contributed by atoms with Gasteiger partial charge in [-0.25, -0.2) is 0 Å². The molecule has 1 amide bonds. The van der Waals surface area contributed by atoms with Crippen molar-refractivity contribution in [3.05, 3.63) is 29.3 Å². The van der Waals surface area contributed by atoms with Crippen LogP contribution in [-0.2, 0) is 11.0 Å². The lowest BCUT2D eigenvalue weighted by molar-refractivity contribution is -0.137. The van der Waals surface area contributed by atoms with Gasteiger partial charge in [0.1, 0.15) is 6.29 Å². The van der Waals surface area contributed by atoms with E-state index in [0.29, 0.717) is 19.3 Å². The van der Waals surface area contributed by atoms with Crippen molar-refractivity contribution in [3.8, 4) is 0 Å². The number of nitrogens with two attached hydrogens (primary N) is 1. The van der Waals surface area contributed by atoms with Gasteiger partial charge in [-0.3, -0.25) is 9.59 Å². The average Bonchev–Trinajstić information content (AvgIpc) is 2.86. The third kappa shape index (κ3) is 2.76. The van der Waals surface area contributed by atoms with E-state index < -0.39 is 23.6 Å². The predicted octanol–water partition coefficient (Wildman–Crippen LogP) is 1.83. The minimum atomic E-state index is -4.56. The largest absolute Gasteiger partial charge is 0.418 e. The number of hydrogen-bond donors (Lipinski definition) is 1. The van der Waals surface area contributed by atoms with Crippen molar-refractivity contribution in [2.45, 2.75) is 12.6 Å². The molecule has 1 heterocycles. The van der Waals surface area contributed by atoms with Crippen molar-refractivity contribution >= 4 is 17.9 Å². The van der Waals surface area contributed by atoms with E-state index in [9.17, 15) is 22.8 Å². The summed E-state index contributed by atoms with van der Waals surface area (Å²) in [5.41, 5.74) is 4.25. The molecule has 1 aromatic rings. The monoisotopic (exact) mass is 286 g/mol. The zero-order chi connectivity index (χ0) is 14.9. The number of anilines is 1. The molecule has 7 heteroatoms. The zero-order valence-corrected chi connectivity index (χ0v) is 10.5. The second kappa shape index (κ2) is 5.15. The molecule has 0 aliphatic carbocycles. The van der Waals surface area contributed by atoms with Crippen LogP contribution in [0.5, 0.6) is 0 Å². The number of carbonyl (C=O) groups excluding carboxylic acids is 2. The first-order valence-electron chi connectivity index (χ1n) is 6.03. The van der Waals surface area contributed by atoms with E-state index in [1.807, 2.05) is 0 Å². The molecule has 1 unspecified atom stereocenters. The number of halogens is 3. The van der Waals surface area contributed by atoms with Gasteiger partial charge in [-0.15, -0.1) is 0 Å². The first kappa shape index (κ1) is 14.4. The molecule has 0 bridgehead atoms. The van der Waals surface area contributed by atoms with Crippen molar-refractivity contribution in [2.24, 2.45) is 11.7 Å². The molecule has 108 valence electrons. The Kier molecular flexibility index (Phi) is 3.69. The van der Waals surface area contributed by atoms with Crippen LogP contribution in [0.2, 0.25) is 0 Å². The van der Waals surface area contributed by atoms with Crippen LogP contribution in [0.15, 0.2) is 18.2 Å². The van der Waals surface area contributed by atoms with E-state index in [2.05, 4.69) is 0 Å². The van der Waals surface area contributed by atoms with E-state index in [-0.39, 0.29) is 17.8 Å². The Bertz CT molecular complexity index is 543. The fourth-order valence-corrected chi connectivity index (χ4v) is 2.34. The first-order valence-corrected chi connectivity index (χ1v) is 6.03. The number of nitrogens with zero attached hydrogens (tertiary/aromatic N) is 1. The number of aldehydes is 1. The van der Waals surface area contributed by atoms with Crippen molar-refractivity contribution in [2.75, 3.05) is 18.0 Å². The van der Waals surface area contributed by atoms with E-state index in [1.165, 1.54) is 17.0 Å². The maximum Gasteiger partial charge on any atom is 0.418 e. The molecular formula is C13H13F3N2O2. The molecule has 2 rings (SSSR count). The smallest absolute Gasteiger partial charge is 0.370 e. The Morgan fingerprint density at radius 3 is 2.60 bits per heavy atom. The van der Waals surface area contributed by atoms with Crippen LogP contribution in [0.3, 0.4) is 0 Å². The summed E-state index contributed by atoms with van der Waals surface area (Å²) in [5, 5.41) is 0. The maximum atomic E-state index is 13.0. The lowest BCUT2D eigenvalue weighted by Crippen LogP contribution is -2.28. The summed E-state index contributed by atoms with van der Waals surface area (Å²) in [6.07, 6.45) is -3.75. The van der Waals surface area contributed by atoms with Crippen molar-refractivity contribution < 1.29 is 22.8 Å². The van der Waals surface area contributed by atoms with E-state index in [4.69, 9.17) is 5.73 Å². The number of hydrogen-bond acceptors (Lipinski definition) is 3. The van der Waals surface area contributed by atoms with Crippen LogP contribution in [0, 0.1) is 5.92 Å². The Balaban J connectivity index is 2.37. The normalized spacial score (nSPS) is 19.1. The van der Waals surface area contributed by atoms with Crippen LogP contribution in [-0.4, -0.2) is 25.3 Å². The summed E-state index contributed by atoms with van der Waals surface area (Å²) in [6.45, 7) is 0.496. The van der Waals surface area contributed by atoms with Crippen LogP contribution in [0.1, 0.15) is 22.3 Å². The fraction of sp³-hybridized carbons (Fsp3) is 0.385. The third-order valence-corrected chi connectivity index (χ3v) is 3.39. The predicted molar refractivity (Wildman–Crippen MR) is 66.3 cm³/mol. The van der Waals surface area contributed by atoms with Gasteiger partial charge >= 0.3 is 6.18 Å². The van der Waals surface area contributed by atoms with Gasteiger partial charge in [-0.05, 0) is 24.6 Å². The Hall–Kier alpha value is -2.05. The number of amides is 1. The third-order valence-electron chi connectivity index (χ3n) is 3.39. The lowest BCUT2D eigenvalue weighted by atomic mass is 10.1. The Labute approximate surface area is 113 Å². The molecule has 1 fully saturated rings. The fourth-order valence-electron chi connectivity index (χ4n) is 2.34. The van der Waals surface area contributed by atoms with Crippen LogP contribution in [0.4, 0.5) is 18.9 Å². The standard InChI is InChI=1S/C13H13F3N2O2/c14-13(15,16)10-5-8(7-19)1-2-11(10)18-4-3-9(6-18)12(17)20/h1-2,5,7,9H,3-4,6H2,(H2,17,20). The highest BCUT2D eigenvalue weighted by Gasteiger charge is 2.37. The summed E-state index contributed by atoms with van der Waals surface area (Å²) < 4.78 is 39.1. The number of rotatable bonds is 3. The van der Waals surface area contributed by atoms with Gasteiger partial charge < -0.3 is 10.6 Å². The lowest BCUT2D eigenvalue weighted by Gasteiger charge is -2.23. The molecule has 0 spiro atoms. The van der Waals surface area contributed by atoms with E-state index in [0.717, 1.165) is 6.07 Å². The maximum absolute atomic E-state index is 13.0. The molecule has 2 N–H and O–H groups in total. The molecule has 0 saturated carbocycles. The Morgan fingerprint density at radius 2 is 2.10 bits per heavy atom. The summed E-state index contributed by atoms with van der Waals surface area (Å²) in [5.74, 6) is -0.951. The number of carbonyl (C=O) groups is 2. The van der Waals surface area contributed by atoms with Gasteiger partial charge in [0.15, 0.2) is 0 Å². The van der Waals surface area contributed by atoms with Crippen LogP contribution < -0.4 is 10.6 Å². The zero-order valence-electron chi connectivity index (χ0n) is 10.5. The Morgan fingerprint density at radius 1 is 1.40 bits per heavy atom. The van der Waals surface area contributed by atoms with Gasteiger partial charge in [0.2, 0.25) is 5.91 Å². The van der Waals surface area contributed by atoms with Gasteiger partial charge in [0.05, 0.1) is 11.5 Å². The molecular weight excluding hydrogens is 273 g/mol. The van der Waals surface area contributed by atoms with Crippen LogP contribution >= 0.6 is 0 Å². The topological polar surface area (TPSA) is 63.4 Å². The SMILES string of the molecule is NC(=O)C1CCN(c2ccc(C=O)cc2C(F)(F)F)C1. The van der Waals surface area contributed by atoms with Gasteiger partial charge in [0, 0.05) is 24.3 Å². The molecule has 20 heavy (non-hydrogen) atoms. The van der Waals surface area contributed by atoms with Crippen molar-refractivity contribution in [3.63, 3.8) is 0 Å². The quantitative estimate of drug-likeness (QED) is 0.862. The minimum Gasteiger partial charge on any atom is -0.370 e. The van der Waals surface area contributed by atoms with Gasteiger partial charge in [-0.2, -0.15) is 13.2 Å². The molecule has 1 aliphatic heterocycles. The average molecular weight is 286 g/mol. The van der Waals surface area contributed by atoms with Crippen molar-refractivity contribution in [1.82, 2.24) is 0 Å². The molecule has 1 aromatic carbocycles. The molecule has 1 aliphatic rings. The highest BCUT2D eigenvalue weighted by atomic mass is 19.4. The molecule has 1 atom stereocenters. The summed E-state index contributed by atoms with van der Waals surface area (Å²) >= 11 is 0. The minimum absolute atomic E-state index is 0.0214. The summed E-state index contributed by atoms with van der Waals surface area (Å²) in [7, 11) is 0. The van der Waals surface area contributed by atoms with E-state index >= 15 is 0 Å². The molecule has 0 radical (unpaired) electrons. The highest BCUT2D eigenvalue weighted by molar-refractivity contribution is 5.79. The van der Waals surface area contributed by atoms with Gasteiger partial charge in [-0.1, -0.05) is 0 Å². The second-order valence-electron chi connectivity index (χ2n) is 4.73. The first-order chi connectivity index (χ1) is 9.32.